The summed E-state index contributed by atoms with van der Waals surface area (Å²) in [5, 5.41) is 12.4. The standard InChI is InChI=1S/C27H27N3O4/c1-5-33-25-12-8-10-23(16-25)29-26(31)22(17-28)14-21-13-18(3)30(19(21)4)24-11-7-9-20(15-24)27(32)34-6-2/h7-16H,5-6H2,1-4H3,(H,29,31)/b22-14-. The molecule has 7 heteroatoms. The third kappa shape index (κ3) is 5.54. The average Bonchev–Trinajstić information content (AvgIpc) is 3.10. The van der Waals surface area contributed by atoms with Gasteiger partial charge in [0.1, 0.15) is 17.4 Å². The molecule has 0 saturated carbocycles. The van der Waals surface area contributed by atoms with Crippen LogP contribution in [0, 0.1) is 25.2 Å². The molecule has 1 heterocycles. The number of aryl methyl sites for hydroxylation is 1. The van der Waals surface area contributed by atoms with Gasteiger partial charge in [-0.1, -0.05) is 12.1 Å². The van der Waals surface area contributed by atoms with E-state index in [0.29, 0.717) is 30.2 Å². The molecule has 0 aliphatic heterocycles. The van der Waals surface area contributed by atoms with Crippen molar-refractivity contribution >= 4 is 23.6 Å². The zero-order chi connectivity index (χ0) is 24.7. The highest BCUT2D eigenvalue weighted by Crippen LogP contribution is 2.24. The molecule has 2 aromatic carbocycles. The van der Waals surface area contributed by atoms with E-state index in [0.717, 1.165) is 22.6 Å². The smallest absolute Gasteiger partial charge is 0.338 e. The Balaban J connectivity index is 1.90. The Morgan fingerprint density at radius 1 is 1.06 bits per heavy atom. The zero-order valence-corrected chi connectivity index (χ0v) is 19.7. The van der Waals surface area contributed by atoms with Crippen molar-refractivity contribution < 1.29 is 19.1 Å². The Morgan fingerprint density at radius 2 is 1.82 bits per heavy atom. The number of nitrogens with zero attached hydrogens (tertiary/aromatic N) is 2. The highest BCUT2D eigenvalue weighted by Gasteiger charge is 2.15. The minimum Gasteiger partial charge on any atom is -0.494 e. The number of rotatable bonds is 8. The monoisotopic (exact) mass is 457 g/mol. The van der Waals surface area contributed by atoms with Gasteiger partial charge in [0, 0.05) is 28.8 Å². The van der Waals surface area contributed by atoms with Gasteiger partial charge in [0.15, 0.2) is 0 Å². The number of benzene rings is 2. The predicted octanol–water partition coefficient (Wildman–Crippen LogP) is 5.22. The van der Waals surface area contributed by atoms with Gasteiger partial charge in [-0.2, -0.15) is 5.26 Å². The molecular weight excluding hydrogens is 430 g/mol. The molecule has 174 valence electrons. The van der Waals surface area contributed by atoms with E-state index in [1.165, 1.54) is 0 Å². The van der Waals surface area contributed by atoms with Crippen LogP contribution in [0.3, 0.4) is 0 Å². The number of hydrogen-bond acceptors (Lipinski definition) is 5. The molecule has 1 aromatic heterocycles. The molecule has 0 aliphatic rings. The van der Waals surface area contributed by atoms with Crippen LogP contribution >= 0.6 is 0 Å². The fraction of sp³-hybridized carbons (Fsp3) is 0.222. The maximum Gasteiger partial charge on any atom is 0.338 e. The molecule has 0 aliphatic carbocycles. The summed E-state index contributed by atoms with van der Waals surface area (Å²) in [7, 11) is 0. The first-order valence-corrected chi connectivity index (χ1v) is 11.0. The molecule has 3 aromatic rings. The molecule has 34 heavy (non-hydrogen) atoms. The zero-order valence-electron chi connectivity index (χ0n) is 19.7. The van der Waals surface area contributed by atoms with Crippen LogP contribution in [0.4, 0.5) is 5.69 Å². The number of nitrogens with one attached hydrogen (secondary N) is 1. The first-order valence-electron chi connectivity index (χ1n) is 11.0. The van der Waals surface area contributed by atoms with Crippen molar-refractivity contribution in [1.29, 1.82) is 5.26 Å². The summed E-state index contributed by atoms with van der Waals surface area (Å²) >= 11 is 0. The van der Waals surface area contributed by atoms with E-state index in [-0.39, 0.29) is 11.5 Å². The molecule has 0 spiro atoms. The number of carbonyl (C=O) groups excluding carboxylic acids is 2. The lowest BCUT2D eigenvalue weighted by molar-refractivity contribution is -0.112. The summed E-state index contributed by atoms with van der Waals surface area (Å²) in [6, 6.07) is 18.0. The number of amides is 1. The molecular formula is C27H27N3O4. The van der Waals surface area contributed by atoms with E-state index in [2.05, 4.69) is 5.32 Å². The predicted molar refractivity (Wildman–Crippen MR) is 131 cm³/mol. The second kappa shape index (κ2) is 11.0. The average molecular weight is 458 g/mol. The van der Waals surface area contributed by atoms with Crippen molar-refractivity contribution in [3.63, 3.8) is 0 Å². The van der Waals surface area contributed by atoms with E-state index in [9.17, 15) is 14.9 Å². The van der Waals surface area contributed by atoms with Crippen LogP contribution in [0.25, 0.3) is 11.8 Å². The number of carbonyl (C=O) groups is 2. The molecule has 0 unspecified atom stereocenters. The lowest BCUT2D eigenvalue weighted by Gasteiger charge is -2.11. The number of ether oxygens (including phenoxy) is 2. The number of nitriles is 1. The van der Waals surface area contributed by atoms with Gasteiger partial charge in [-0.25, -0.2) is 4.79 Å². The molecule has 0 bridgehead atoms. The lowest BCUT2D eigenvalue weighted by atomic mass is 10.1. The molecule has 0 fully saturated rings. The summed E-state index contributed by atoms with van der Waals surface area (Å²) in [6.07, 6.45) is 1.57. The third-order valence-corrected chi connectivity index (χ3v) is 5.15. The van der Waals surface area contributed by atoms with Crippen LogP contribution in [0.2, 0.25) is 0 Å². The molecule has 7 nitrogen and oxygen atoms in total. The SMILES string of the molecule is CCOC(=O)c1cccc(-n2c(C)cc(/C=C(/C#N)C(=O)Nc3cccc(OCC)c3)c2C)c1. The quantitative estimate of drug-likeness (QED) is 0.285. The number of esters is 1. The van der Waals surface area contributed by atoms with E-state index < -0.39 is 5.91 Å². The summed E-state index contributed by atoms with van der Waals surface area (Å²) in [4.78, 5) is 24.9. The number of anilines is 1. The first kappa shape index (κ1) is 24.3. The van der Waals surface area contributed by atoms with Gasteiger partial charge >= 0.3 is 5.97 Å². The minimum atomic E-state index is -0.509. The maximum absolute atomic E-state index is 12.8. The van der Waals surface area contributed by atoms with E-state index in [1.54, 1.807) is 55.5 Å². The minimum absolute atomic E-state index is 0.0256. The molecule has 0 atom stereocenters. The van der Waals surface area contributed by atoms with Gasteiger partial charge < -0.3 is 19.4 Å². The van der Waals surface area contributed by atoms with Crippen molar-refractivity contribution in [2.45, 2.75) is 27.7 Å². The van der Waals surface area contributed by atoms with Gasteiger partial charge in [-0.05, 0) is 75.7 Å². The van der Waals surface area contributed by atoms with E-state index in [1.807, 2.05) is 43.5 Å². The first-order chi connectivity index (χ1) is 16.4. The topological polar surface area (TPSA) is 93.4 Å². The van der Waals surface area contributed by atoms with Crippen LogP contribution in [-0.4, -0.2) is 29.7 Å². The molecule has 1 amide bonds. The van der Waals surface area contributed by atoms with Crippen molar-refractivity contribution in [1.82, 2.24) is 4.57 Å². The fourth-order valence-electron chi connectivity index (χ4n) is 3.65. The third-order valence-electron chi connectivity index (χ3n) is 5.15. The van der Waals surface area contributed by atoms with Crippen LogP contribution in [0.5, 0.6) is 5.75 Å². The highest BCUT2D eigenvalue weighted by atomic mass is 16.5. The molecule has 3 rings (SSSR count). The fourth-order valence-corrected chi connectivity index (χ4v) is 3.65. The van der Waals surface area contributed by atoms with Crippen LogP contribution < -0.4 is 10.1 Å². The molecule has 0 saturated heterocycles. The van der Waals surface area contributed by atoms with Crippen molar-refractivity contribution in [2.24, 2.45) is 0 Å². The van der Waals surface area contributed by atoms with Gasteiger partial charge in [0.2, 0.25) is 0 Å². The second-order valence-electron chi connectivity index (χ2n) is 7.52. The number of hydrogen-bond donors (Lipinski definition) is 1. The molecule has 1 N–H and O–H groups in total. The van der Waals surface area contributed by atoms with E-state index in [4.69, 9.17) is 9.47 Å². The van der Waals surface area contributed by atoms with E-state index >= 15 is 0 Å². The van der Waals surface area contributed by atoms with Gasteiger partial charge in [-0.15, -0.1) is 0 Å². The Morgan fingerprint density at radius 3 is 2.53 bits per heavy atom. The lowest BCUT2D eigenvalue weighted by Crippen LogP contribution is -2.13. The largest absolute Gasteiger partial charge is 0.494 e. The van der Waals surface area contributed by atoms with Crippen molar-refractivity contribution in [2.75, 3.05) is 18.5 Å². The summed E-state index contributed by atoms with van der Waals surface area (Å²) in [6.45, 7) is 8.28. The van der Waals surface area contributed by atoms with Crippen LogP contribution in [0.15, 0.2) is 60.2 Å². The Kier molecular flexibility index (Phi) is 7.88. The Labute approximate surface area is 199 Å². The second-order valence-corrected chi connectivity index (χ2v) is 7.52. The summed E-state index contributed by atoms with van der Waals surface area (Å²) in [5.41, 5.74) is 4.21. The van der Waals surface area contributed by atoms with Gasteiger partial charge in [0.25, 0.3) is 5.91 Å². The maximum atomic E-state index is 12.8. The highest BCUT2D eigenvalue weighted by molar-refractivity contribution is 6.09. The van der Waals surface area contributed by atoms with Crippen molar-refractivity contribution in [3.05, 3.63) is 82.7 Å². The van der Waals surface area contributed by atoms with Gasteiger partial charge in [-0.3, -0.25) is 4.79 Å². The van der Waals surface area contributed by atoms with Crippen LogP contribution in [0.1, 0.15) is 41.2 Å². The van der Waals surface area contributed by atoms with Crippen LogP contribution in [-0.2, 0) is 9.53 Å². The summed E-state index contributed by atoms with van der Waals surface area (Å²) < 4.78 is 12.5. The Bertz CT molecular complexity index is 1280. The van der Waals surface area contributed by atoms with Crippen molar-refractivity contribution in [3.8, 4) is 17.5 Å². The number of aromatic nitrogens is 1. The van der Waals surface area contributed by atoms with Gasteiger partial charge in [0.05, 0.1) is 18.8 Å². The Hall–Kier alpha value is -4.31. The summed E-state index contributed by atoms with van der Waals surface area (Å²) in [5.74, 6) is -0.259. The molecule has 0 radical (unpaired) electrons. The normalized spacial score (nSPS) is 11.0.